The van der Waals surface area contributed by atoms with E-state index in [2.05, 4.69) is 23.6 Å². The number of hydrogen-bond donors (Lipinski definition) is 2. The maximum atomic E-state index is 12.1. The molecule has 0 radical (unpaired) electrons. The highest BCUT2D eigenvalue weighted by Crippen LogP contribution is 2.17. The van der Waals surface area contributed by atoms with E-state index >= 15 is 0 Å². The fourth-order valence-electron chi connectivity index (χ4n) is 2.22. The molecule has 0 saturated heterocycles. The van der Waals surface area contributed by atoms with Crippen LogP contribution in [0.3, 0.4) is 0 Å². The first kappa shape index (κ1) is 18.9. The van der Waals surface area contributed by atoms with Gasteiger partial charge in [0.15, 0.2) is 0 Å². The van der Waals surface area contributed by atoms with Crippen LogP contribution in [0, 0.1) is 0 Å². The van der Waals surface area contributed by atoms with Crippen molar-refractivity contribution in [1.29, 1.82) is 0 Å². The number of nitrogens with zero attached hydrogens (tertiary/aromatic N) is 1. The molecule has 1 unspecified atom stereocenters. The lowest BCUT2D eigenvalue weighted by atomic mass is 9.99. The van der Waals surface area contributed by atoms with Gasteiger partial charge in [0.25, 0.3) is 0 Å². The molecular weight excluding hydrogens is 346 g/mol. The third-order valence-electron chi connectivity index (χ3n) is 3.70. The van der Waals surface area contributed by atoms with E-state index < -0.39 is 16.1 Å². The summed E-state index contributed by atoms with van der Waals surface area (Å²) in [6.07, 6.45) is 1.45. The molecule has 2 aromatic rings. The van der Waals surface area contributed by atoms with Crippen molar-refractivity contribution in [2.75, 3.05) is 6.54 Å². The number of nitrogens with two attached hydrogens (primary N) is 1. The summed E-state index contributed by atoms with van der Waals surface area (Å²) < 4.78 is 26.8. The Kier molecular flexibility index (Phi) is 6.34. The highest BCUT2D eigenvalue weighted by Gasteiger charge is 2.15. The topological polar surface area (TPSA) is 85.1 Å². The molecule has 24 heavy (non-hydrogen) atoms. The molecule has 0 spiro atoms. The quantitative estimate of drug-likeness (QED) is 0.737. The Bertz CT molecular complexity index is 759. The van der Waals surface area contributed by atoms with Crippen molar-refractivity contribution < 1.29 is 8.42 Å². The molecule has 1 aromatic carbocycles. The first-order valence-electron chi connectivity index (χ1n) is 7.70. The monoisotopic (exact) mass is 367 g/mol. The Balaban J connectivity index is 1.94. The van der Waals surface area contributed by atoms with Crippen molar-refractivity contribution in [2.45, 2.75) is 31.6 Å². The van der Waals surface area contributed by atoms with Crippen LogP contribution in [-0.4, -0.2) is 19.9 Å². The molecule has 3 N–H and O–H groups in total. The molecule has 0 fully saturated rings. The van der Waals surface area contributed by atoms with E-state index in [9.17, 15) is 8.42 Å². The summed E-state index contributed by atoms with van der Waals surface area (Å²) in [5, 5.41) is 0.330. The summed E-state index contributed by atoms with van der Waals surface area (Å²) in [7, 11) is -3.49. The predicted octanol–water partition coefficient (Wildman–Crippen LogP) is 2.98. The second-order valence-corrected chi connectivity index (χ2v) is 8.22. The SMILES string of the molecule is CC(C)c1ccc(C(N)CNS(=O)(=O)Cc2ccc(Cl)nc2)cc1. The maximum absolute atomic E-state index is 12.1. The van der Waals surface area contributed by atoms with Gasteiger partial charge in [0.05, 0.1) is 5.75 Å². The molecule has 0 aliphatic carbocycles. The lowest BCUT2D eigenvalue weighted by molar-refractivity contribution is 0.571. The highest BCUT2D eigenvalue weighted by molar-refractivity contribution is 7.88. The number of halogens is 1. The molecule has 2 rings (SSSR count). The van der Waals surface area contributed by atoms with Crippen molar-refractivity contribution in [1.82, 2.24) is 9.71 Å². The average Bonchev–Trinajstić information content (AvgIpc) is 2.55. The average molecular weight is 368 g/mol. The Hall–Kier alpha value is -1.47. The zero-order valence-electron chi connectivity index (χ0n) is 13.7. The Morgan fingerprint density at radius 3 is 2.29 bits per heavy atom. The van der Waals surface area contributed by atoms with Gasteiger partial charge in [-0.1, -0.05) is 55.8 Å². The van der Waals surface area contributed by atoms with Crippen LogP contribution in [0.5, 0.6) is 0 Å². The zero-order valence-corrected chi connectivity index (χ0v) is 15.3. The molecule has 0 saturated carbocycles. The minimum Gasteiger partial charge on any atom is -0.323 e. The van der Waals surface area contributed by atoms with Crippen LogP contribution < -0.4 is 10.5 Å². The number of hydrogen-bond acceptors (Lipinski definition) is 4. The van der Waals surface area contributed by atoms with Crippen LogP contribution >= 0.6 is 11.6 Å². The first-order valence-corrected chi connectivity index (χ1v) is 9.73. The second kappa shape index (κ2) is 8.07. The van der Waals surface area contributed by atoms with Gasteiger partial charge in [-0.2, -0.15) is 0 Å². The fraction of sp³-hybridized carbons (Fsp3) is 0.353. The van der Waals surface area contributed by atoms with Crippen molar-refractivity contribution in [3.8, 4) is 0 Å². The molecular formula is C17H22ClN3O2S. The fourth-order valence-corrected chi connectivity index (χ4v) is 3.48. The molecule has 130 valence electrons. The summed E-state index contributed by atoms with van der Waals surface area (Å²) in [6, 6.07) is 10.7. The third kappa shape index (κ3) is 5.56. The molecule has 0 aliphatic heterocycles. The van der Waals surface area contributed by atoms with E-state index in [-0.39, 0.29) is 12.3 Å². The summed E-state index contributed by atoms with van der Waals surface area (Å²) >= 11 is 5.69. The van der Waals surface area contributed by atoms with Crippen LogP contribution in [-0.2, 0) is 15.8 Å². The van der Waals surface area contributed by atoms with Crippen LogP contribution in [0.1, 0.15) is 42.5 Å². The normalized spacial score (nSPS) is 13.2. The predicted molar refractivity (Wildman–Crippen MR) is 97.3 cm³/mol. The molecule has 1 heterocycles. The maximum Gasteiger partial charge on any atom is 0.215 e. The van der Waals surface area contributed by atoms with E-state index in [1.165, 1.54) is 11.8 Å². The van der Waals surface area contributed by atoms with Crippen molar-refractivity contribution in [3.05, 3.63) is 64.4 Å². The van der Waals surface area contributed by atoms with Crippen molar-refractivity contribution >= 4 is 21.6 Å². The first-order chi connectivity index (χ1) is 11.3. The smallest absolute Gasteiger partial charge is 0.215 e. The van der Waals surface area contributed by atoms with Gasteiger partial charge in [-0.15, -0.1) is 0 Å². The summed E-state index contributed by atoms with van der Waals surface area (Å²) in [5.41, 5.74) is 8.78. The van der Waals surface area contributed by atoms with Crippen LogP contribution in [0.15, 0.2) is 42.6 Å². The minimum absolute atomic E-state index is 0.143. The second-order valence-electron chi connectivity index (χ2n) is 6.02. The third-order valence-corrected chi connectivity index (χ3v) is 5.24. The summed E-state index contributed by atoms with van der Waals surface area (Å²) in [4.78, 5) is 3.88. The van der Waals surface area contributed by atoms with Gasteiger partial charge in [-0.3, -0.25) is 0 Å². The number of nitrogens with one attached hydrogen (secondary N) is 1. The molecule has 0 aliphatic rings. The summed E-state index contributed by atoms with van der Waals surface area (Å²) in [5.74, 6) is 0.290. The lowest BCUT2D eigenvalue weighted by Gasteiger charge is -2.15. The van der Waals surface area contributed by atoms with Crippen molar-refractivity contribution in [2.24, 2.45) is 5.73 Å². The van der Waals surface area contributed by atoms with Gasteiger partial charge in [0.1, 0.15) is 5.15 Å². The van der Waals surface area contributed by atoms with E-state index in [0.717, 1.165) is 5.56 Å². The van der Waals surface area contributed by atoms with Crippen molar-refractivity contribution in [3.63, 3.8) is 0 Å². The molecule has 7 heteroatoms. The van der Waals surface area contributed by atoms with Crippen LogP contribution in [0.2, 0.25) is 5.15 Å². The largest absolute Gasteiger partial charge is 0.323 e. The van der Waals surface area contributed by atoms with E-state index in [1.54, 1.807) is 12.1 Å². The van der Waals surface area contributed by atoms with Gasteiger partial charge in [0, 0.05) is 18.8 Å². The van der Waals surface area contributed by atoms with Gasteiger partial charge in [-0.05, 0) is 28.7 Å². The minimum atomic E-state index is -3.49. The number of pyridine rings is 1. The lowest BCUT2D eigenvalue weighted by Crippen LogP contribution is -2.32. The highest BCUT2D eigenvalue weighted by atomic mass is 35.5. The van der Waals surface area contributed by atoms with E-state index in [0.29, 0.717) is 16.6 Å². The molecule has 1 aromatic heterocycles. The Labute approximate surface area is 148 Å². The number of benzene rings is 1. The number of rotatable bonds is 7. The number of aromatic nitrogens is 1. The van der Waals surface area contributed by atoms with Gasteiger partial charge in [0.2, 0.25) is 10.0 Å². The van der Waals surface area contributed by atoms with Crippen LogP contribution in [0.4, 0.5) is 0 Å². The summed E-state index contributed by atoms with van der Waals surface area (Å²) in [6.45, 7) is 4.38. The van der Waals surface area contributed by atoms with Gasteiger partial charge < -0.3 is 5.73 Å². The van der Waals surface area contributed by atoms with Gasteiger partial charge in [-0.25, -0.2) is 18.1 Å². The molecule has 0 bridgehead atoms. The van der Waals surface area contributed by atoms with Crippen LogP contribution in [0.25, 0.3) is 0 Å². The number of sulfonamides is 1. The van der Waals surface area contributed by atoms with E-state index in [4.69, 9.17) is 17.3 Å². The zero-order chi connectivity index (χ0) is 17.7. The molecule has 1 atom stereocenters. The Morgan fingerprint density at radius 1 is 1.12 bits per heavy atom. The Morgan fingerprint density at radius 2 is 1.75 bits per heavy atom. The standard InChI is InChI=1S/C17H22ClN3O2S/c1-12(2)14-4-6-15(7-5-14)16(19)10-21-24(22,23)11-13-3-8-17(18)20-9-13/h3-9,12,16,21H,10-11,19H2,1-2H3. The molecule has 0 amide bonds. The van der Waals surface area contributed by atoms with E-state index in [1.807, 2.05) is 24.3 Å². The van der Waals surface area contributed by atoms with Gasteiger partial charge >= 0.3 is 0 Å². The molecule has 5 nitrogen and oxygen atoms in total.